The SMILES string of the molecule is Cc1cccc(C2(c3cccc(C)c3)c3ccccc3-c3ccc(C)cc32)c1. The van der Waals surface area contributed by atoms with Gasteiger partial charge in [-0.15, -0.1) is 0 Å². The number of hydrogen-bond donors (Lipinski definition) is 0. The van der Waals surface area contributed by atoms with Crippen LogP contribution in [0.1, 0.15) is 38.9 Å². The first-order chi connectivity index (χ1) is 13.6. The molecule has 0 nitrogen and oxygen atoms in total. The predicted octanol–water partition coefficient (Wildman–Crippen LogP) is 6.97. The molecule has 0 atom stereocenters. The van der Waals surface area contributed by atoms with E-state index in [2.05, 4.69) is 112 Å². The molecule has 0 fully saturated rings. The molecule has 1 aliphatic rings. The minimum Gasteiger partial charge on any atom is -0.0619 e. The summed E-state index contributed by atoms with van der Waals surface area (Å²) in [4.78, 5) is 0. The Balaban J connectivity index is 1.99. The van der Waals surface area contributed by atoms with Gasteiger partial charge in [0.25, 0.3) is 0 Å². The van der Waals surface area contributed by atoms with Crippen LogP contribution >= 0.6 is 0 Å². The molecule has 0 spiro atoms. The van der Waals surface area contributed by atoms with Gasteiger partial charge in [-0.05, 0) is 54.2 Å². The third-order valence-electron chi connectivity index (χ3n) is 6.10. The van der Waals surface area contributed by atoms with Crippen LogP contribution in [-0.4, -0.2) is 0 Å². The van der Waals surface area contributed by atoms with Gasteiger partial charge < -0.3 is 0 Å². The molecule has 5 rings (SSSR count). The first-order valence-electron chi connectivity index (χ1n) is 9.96. The lowest BCUT2D eigenvalue weighted by atomic mass is 9.67. The van der Waals surface area contributed by atoms with Gasteiger partial charge in [0.1, 0.15) is 0 Å². The highest BCUT2D eigenvalue weighted by molar-refractivity contribution is 5.86. The molecule has 0 amide bonds. The van der Waals surface area contributed by atoms with Crippen LogP contribution in [0, 0.1) is 20.8 Å². The van der Waals surface area contributed by atoms with E-state index in [1.54, 1.807) is 0 Å². The zero-order chi connectivity index (χ0) is 19.3. The van der Waals surface area contributed by atoms with Gasteiger partial charge in [0, 0.05) is 0 Å². The Morgan fingerprint density at radius 2 is 1.04 bits per heavy atom. The van der Waals surface area contributed by atoms with Crippen molar-refractivity contribution in [2.45, 2.75) is 26.2 Å². The molecule has 0 heterocycles. The van der Waals surface area contributed by atoms with Crippen LogP contribution in [0.4, 0.5) is 0 Å². The summed E-state index contributed by atoms with van der Waals surface area (Å²) in [7, 11) is 0. The second-order valence-corrected chi connectivity index (χ2v) is 8.08. The largest absolute Gasteiger partial charge is 0.0713 e. The van der Waals surface area contributed by atoms with Crippen LogP contribution in [0.3, 0.4) is 0 Å². The van der Waals surface area contributed by atoms with E-state index in [0.717, 1.165) is 0 Å². The quantitative estimate of drug-likeness (QED) is 0.319. The van der Waals surface area contributed by atoms with Crippen molar-refractivity contribution in [2.75, 3.05) is 0 Å². The third-order valence-corrected chi connectivity index (χ3v) is 6.10. The zero-order valence-corrected chi connectivity index (χ0v) is 16.7. The first kappa shape index (κ1) is 17.0. The van der Waals surface area contributed by atoms with E-state index in [4.69, 9.17) is 0 Å². The van der Waals surface area contributed by atoms with Crippen molar-refractivity contribution in [2.24, 2.45) is 0 Å². The van der Waals surface area contributed by atoms with E-state index in [-0.39, 0.29) is 5.41 Å². The molecule has 0 radical (unpaired) electrons. The van der Waals surface area contributed by atoms with Crippen molar-refractivity contribution in [3.05, 3.63) is 130 Å². The standard InChI is InChI=1S/C28H24/c1-19-8-6-10-22(16-19)28(23-11-7-9-20(2)17-23)26-13-5-4-12-24(26)25-15-14-21(3)18-27(25)28/h4-18H,1-3H3. The van der Waals surface area contributed by atoms with Crippen molar-refractivity contribution < 1.29 is 0 Å². The van der Waals surface area contributed by atoms with Gasteiger partial charge in [0.2, 0.25) is 0 Å². The van der Waals surface area contributed by atoms with Gasteiger partial charge in [-0.2, -0.15) is 0 Å². The van der Waals surface area contributed by atoms with Gasteiger partial charge in [0.15, 0.2) is 0 Å². The van der Waals surface area contributed by atoms with Crippen LogP contribution in [0.25, 0.3) is 11.1 Å². The lowest BCUT2D eigenvalue weighted by Gasteiger charge is -2.34. The summed E-state index contributed by atoms with van der Waals surface area (Å²) < 4.78 is 0. The van der Waals surface area contributed by atoms with Crippen LogP contribution < -0.4 is 0 Å². The topological polar surface area (TPSA) is 0 Å². The van der Waals surface area contributed by atoms with Crippen LogP contribution in [-0.2, 0) is 5.41 Å². The lowest BCUT2D eigenvalue weighted by molar-refractivity contribution is 0.765. The molecule has 0 N–H and O–H groups in total. The molecule has 0 heteroatoms. The van der Waals surface area contributed by atoms with E-state index in [0.29, 0.717) is 0 Å². The zero-order valence-electron chi connectivity index (χ0n) is 16.7. The van der Waals surface area contributed by atoms with Gasteiger partial charge in [-0.1, -0.05) is 108 Å². The molecule has 136 valence electrons. The summed E-state index contributed by atoms with van der Waals surface area (Å²) in [5.74, 6) is 0. The predicted molar refractivity (Wildman–Crippen MR) is 118 cm³/mol. The summed E-state index contributed by atoms with van der Waals surface area (Å²) >= 11 is 0. The highest BCUT2D eigenvalue weighted by Gasteiger charge is 2.46. The fraction of sp³-hybridized carbons (Fsp3) is 0.143. The summed E-state index contributed by atoms with van der Waals surface area (Å²) in [5, 5.41) is 0. The molecule has 1 aliphatic carbocycles. The Kier molecular flexibility index (Phi) is 3.77. The average molecular weight is 361 g/mol. The van der Waals surface area contributed by atoms with E-state index in [1.165, 1.54) is 50.1 Å². The van der Waals surface area contributed by atoms with Gasteiger partial charge in [-0.3, -0.25) is 0 Å². The van der Waals surface area contributed by atoms with E-state index in [9.17, 15) is 0 Å². The summed E-state index contributed by atoms with van der Waals surface area (Å²) in [6, 6.07) is 33.9. The fourth-order valence-electron chi connectivity index (χ4n) is 4.94. The maximum Gasteiger partial charge on any atom is 0.0713 e. The molecular formula is C28H24. The Hall–Kier alpha value is -3.12. The molecule has 0 bridgehead atoms. The average Bonchev–Trinajstić information content (AvgIpc) is 2.98. The second-order valence-electron chi connectivity index (χ2n) is 8.08. The van der Waals surface area contributed by atoms with Crippen molar-refractivity contribution in [1.29, 1.82) is 0 Å². The van der Waals surface area contributed by atoms with E-state index in [1.807, 2.05) is 0 Å². The second kappa shape index (κ2) is 6.21. The van der Waals surface area contributed by atoms with Crippen LogP contribution in [0.5, 0.6) is 0 Å². The Bertz CT molecular complexity index is 1150. The van der Waals surface area contributed by atoms with Crippen molar-refractivity contribution >= 4 is 0 Å². The van der Waals surface area contributed by atoms with Crippen molar-refractivity contribution in [3.63, 3.8) is 0 Å². The molecule has 0 aliphatic heterocycles. The van der Waals surface area contributed by atoms with E-state index >= 15 is 0 Å². The minimum atomic E-state index is -0.282. The third kappa shape index (κ3) is 2.31. The number of benzene rings is 4. The molecule has 4 aromatic rings. The summed E-state index contributed by atoms with van der Waals surface area (Å²) in [6.45, 7) is 6.57. The number of rotatable bonds is 2. The molecule has 0 unspecified atom stereocenters. The van der Waals surface area contributed by atoms with Gasteiger partial charge >= 0.3 is 0 Å². The van der Waals surface area contributed by atoms with Gasteiger partial charge in [-0.25, -0.2) is 0 Å². The molecule has 0 saturated carbocycles. The van der Waals surface area contributed by atoms with Gasteiger partial charge in [0.05, 0.1) is 5.41 Å². The number of fused-ring (bicyclic) bond motifs is 3. The molecular weight excluding hydrogens is 336 g/mol. The Morgan fingerprint density at radius 3 is 1.68 bits per heavy atom. The lowest BCUT2D eigenvalue weighted by Crippen LogP contribution is -2.28. The molecule has 28 heavy (non-hydrogen) atoms. The minimum absolute atomic E-state index is 0.282. The highest BCUT2D eigenvalue weighted by Crippen LogP contribution is 2.56. The molecule has 4 aromatic carbocycles. The summed E-state index contributed by atoms with van der Waals surface area (Å²) in [6.07, 6.45) is 0. The van der Waals surface area contributed by atoms with E-state index < -0.39 is 0 Å². The highest BCUT2D eigenvalue weighted by atomic mass is 14.5. The summed E-state index contributed by atoms with van der Waals surface area (Å²) in [5.41, 5.74) is 11.8. The normalized spacial score (nSPS) is 13.8. The molecule has 0 saturated heterocycles. The van der Waals surface area contributed by atoms with Crippen molar-refractivity contribution in [3.8, 4) is 11.1 Å². The number of hydrogen-bond acceptors (Lipinski definition) is 0. The first-order valence-corrected chi connectivity index (χ1v) is 9.96. The Morgan fingerprint density at radius 1 is 0.464 bits per heavy atom. The fourth-order valence-corrected chi connectivity index (χ4v) is 4.94. The molecule has 0 aromatic heterocycles. The Labute approximate surface area is 167 Å². The maximum absolute atomic E-state index is 2.39. The number of aryl methyl sites for hydroxylation is 3. The van der Waals surface area contributed by atoms with Crippen LogP contribution in [0.2, 0.25) is 0 Å². The monoisotopic (exact) mass is 360 g/mol. The van der Waals surface area contributed by atoms with Crippen LogP contribution in [0.15, 0.2) is 91.0 Å². The van der Waals surface area contributed by atoms with Crippen molar-refractivity contribution in [1.82, 2.24) is 0 Å². The smallest absolute Gasteiger partial charge is 0.0619 e. The maximum atomic E-state index is 2.39.